The summed E-state index contributed by atoms with van der Waals surface area (Å²) in [6.45, 7) is 0.529. The second-order valence-corrected chi connectivity index (χ2v) is 10.6. The highest BCUT2D eigenvalue weighted by Crippen LogP contribution is 2.48. The summed E-state index contributed by atoms with van der Waals surface area (Å²) in [5.74, 6) is -1.23. The van der Waals surface area contributed by atoms with E-state index in [9.17, 15) is 19.5 Å². The topological polar surface area (TPSA) is 96.4 Å². The number of methoxy groups -OCH3 is 1. The Bertz CT molecular complexity index is 1340. The van der Waals surface area contributed by atoms with Crippen LogP contribution in [0, 0.1) is 5.41 Å². The molecule has 0 saturated heterocycles. The van der Waals surface area contributed by atoms with Crippen molar-refractivity contribution in [2.75, 3.05) is 20.3 Å². The molecule has 3 aromatic carbocycles. The monoisotopic (exact) mass is 542 g/mol. The van der Waals surface area contributed by atoms with Crippen LogP contribution in [0.25, 0.3) is 0 Å². The standard InChI is InChI=1S/C32H34N2O6/c1-39-21-28(24-12-6-3-7-13-24)34(22-32(16-17-32)30(36)37)29(35)27-18-25-14-8-9-15-26(25)19-33(27)31(38)40-20-23-10-4-2-5-11-23/h2-15,27-28H,16-22H2,1H3,(H,36,37)/t27?,28-/m1/s1. The molecule has 1 aliphatic heterocycles. The highest BCUT2D eigenvalue weighted by Gasteiger charge is 2.53. The van der Waals surface area contributed by atoms with Crippen molar-refractivity contribution in [2.24, 2.45) is 5.41 Å². The van der Waals surface area contributed by atoms with Crippen molar-refractivity contribution >= 4 is 18.0 Å². The number of hydrogen-bond donors (Lipinski definition) is 1. The van der Waals surface area contributed by atoms with E-state index < -0.39 is 29.6 Å². The highest BCUT2D eigenvalue weighted by atomic mass is 16.6. The maximum absolute atomic E-state index is 14.5. The molecule has 1 fully saturated rings. The third kappa shape index (κ3) is 5.87. The molecule has 3 aromatic rings. The van der Waals surface area contributed by atoms with Crippen LogP contribution in [0.2, 0.25) is 0 Å². The number of carboxylic acids is 1. The summed E-state index contributed by atoms with van der Waals surface area (Å²) in [6.07, 6.45) is 0.716. The van der Waals surface area contributed by atoms with E-state index in [4.69, 9.17) is 9.47 Å². The first-order valence-electron chi connectivity index (χ1n) is 13.5. The van der Waals surface area contributed by atoms with Crippen molar-refractivity contribution in [2.45, 2.75) is 44.5 Å². The zero-order valence-corrected chi connectivity index (χ0v) is 22.6. The van der Waals surface area contributed by atoms with Gasteiger partial charge in [-0.3, -0.25) is 14.5 Å². The predicted molar refractivity (Wildman–Crippen MR) is 148 cm³/mol. The molecular formula is C32H34N2O6. The third-order valence-electron chi connectivity index (χ3n) is 7.92. The fourth-order valence-electron chi connectivity index (χ4n) is 5.39. The molecule has 1 heterocycles. The lowest BCUT2D eigenvalue weighted by Crippen LogP contribution is -2.56. The molecule has 0 spiro atoms. The van der Waals surface area contributed by atoms with Crippen LogP contribution in [-0.2, 0) is 38.6 Å². The Labute approximate surface area is 234 Å². The molecule has 0 radical (unpaired) electrons. The highest BCUT2D eigenvalue weighted by molar-refractivity contribution is 5.88. The number of benzene rings is 3. The average molecular weight is 543 g/mol. The van der Waals surface area contributed by atoms with Crippen molar-refractivity contribution in [3.63, 3.8) is 0 Å². The van der Waals surface area contributed by atoms with Crippen LogP contribution in [0.1, 0.15) is 41.1 Å². The molecule has 8 heteroatoms. The van der Waals surface area contributed by atoms with Crippen molar-refractivity contribution in [1.29, 1.82) is 0 Å². The van der Waals surface area contributed by atoms with Gasteiger partial charge in [0, 0.05) is 20.1 Å². The molecule has 208 valence electrons. The fraction of sp³-hybridized carbons (Fsp3) is 0.344. The van der Waals surface area contributed by atoms with E-state index in [-0.39, 0.29) is 32.2 Å². The number of amides is 2. The van der Waals surface area contributed by atoms with E-state index in [0.29, 0.717) is 19.3 Å². The minimum absolute atomic E-state index is 0.0368. The van der Waals surface area contributed by atoms with Crippen LogP contribution < -0.4 is 0 Å². The second kappa shape index (κ2) is 11.9. The molecule has 40 heavy (non-hydrogen) atoms. The Balaban J connectivity index is 1.49. The fourth-order valence-corrected chi connectivity index (χ4v) is 5.39. The molecule has 1 aliphatic carbocycles. The zero-order chi connectivity index (χ0) is 28.1. The minimum Gasteiger partial charge on any atom is -0.481 e. The van der Waals surface area contributed by atoms with Gasteiger partial charge in [-0.2, -0.15) is 0 Å². The van der Waals surface area contributed by atoms with E-state index in [1.54, 1.807) is 12.0 Å². The van der Waals surface area contributed by atoms with Gasteiger partial charge in [0.05, 0.1) is 24.6 Å². The van der Waals surface area contributed by atoms with Crippen LogP contribution in [0.15, 0.2) is 84.9 Å². The lowest BCUT2D eigenvalue weighted by atomic mass is 9.92. The Kier molecular flexibility index (Phi) is 8.16. The maximum atomic E-state index is 14.5. The lowest BCUT2D eigenvalue weighted by Gasteiger charge is -2.41. The van der Waals surface area contributed by atoms with E-state index in [2.05, 4.69) is 0 Å². The summed E-state index contributed by atoms with van der Waals surface area (Å²) in [6, 6.07) is 25.2. The molecule has 1 saturated carbocycles. The van der Waals surface area contributed by atoms with Gasteiger partial charge in [0.2, 0.25) is 5.91 Å². The van der Waals surface area contributed by atoms with Crippen LogP contribution in [0.3, 0.4) is 0 Å². The van der Waals surface area contributed by atoms with E-state index in [0.717, 1.165) is 22.3 Å². The largest absolute Gasteiger partial charge is 0.481 e. The van der Waals surface area contributed by atoms with Crippen molar-refractivity contribution in [3.8, 4) is 0 Å². The molecule has 5 rings (SSSR count). The Morgan fingerprint density at radius 2 is 1.57 bits per heavy atom. The molecule has 1 unspecified atom stereocenters. The normalized spacial score (nSPS) is 17.8. The smallest absolute Gasteiger partial charge is 0.411 e. The molecule has 0 aromatic heterocycles. The van der Waals surface area contributed by atoms with Gasteiger partial charge in [-0.25, -0.2) is 4.79 Å². The number of fused-ring (bicyclic) bond motifs is 1. The summed E-state index contributed by atoms with van der Waals surface area (Å²) in [7, 11) is 1.56. The second-order valence-electron chi connectivity index (χ2n) is 10.6. The first kappa shape index (κ1) is 27.4. The van der Waals surface area contributed by atoms with Gasteiger partial charge in [-0.1, -0.05) is 84.9 Å². The quantitative estimate of drug-likeness (QED) is 0.394. The number of rotatable bonds is 10. The van der Waals surface area contributed by atoms with Crippen molar-refractivity contribution < 1.29 is 29.0 Å². The minimum atomic E-state index is -0.998. The predicted octanol–water partition coefficient (Wildman–Crippen LogP) is 4.83. The summed E-state index contributed by atoms with van der Waals surface area (Å²) >= 11 is 0. The number of aliphatic carboxylic acids is 1. The molecule has 2 amide bonds. The summed E-state index contributed by atoms with van der Waals surface area (Å²) in [5.41, 5.74) is 2.62. The van der Waals surface area contributed by atoms with Crippen LogP contribution >= 0.6 is 0 Å². The number of carbonyl (C=O) groups is 3. The number of carboxylic acid groups (broad SMARTS) is 1. The van der Waals surface area contributed by atoms with Gasteiger partial charge in [-0.05, 0) is 35.1 Å². The van der Waals surface area contributed by atoms with Gasteiger partial charge in [0.25, 0.3) is 0 Å². The van der Waals surface area contributed by atoms with Crippen molar-refractivity contribution in [3.05, 3.63) is 107 Å². The number of hydrogen-bond acceptors (Lipinski definition) is 5. The third-order valence-corrected chi connectivity index (χ3v) is 7.92. The van der Waals surface area contributed by atoms with Gasteiger partial charge < -0.3 is 19.5 Å². The Morgan fingerprint density at radius 1 is 0.950 bits per heavy atom. The lowest BCUT2D eigenvalue weighted by molar-refractivity contribution is -0.149. The average Bonchev–Trinajstić information content (AvgIpc) is 3.79. The van der Waals surface area contributed by atoms with Crippen LogP contribution in [0.4, 0.5) is 4.79 Å². The van der Waals surface area contributed by atoms with Crippen molar-refractivity contribution in [1.82, 2.24) is 9.80 Å². The molecule has 2 aliphatic rings. The molecule has 1 N–H and O–H groups in total. The molecule has 0 bridgehead atoms. The van der Waals surface area contributed by atoms with Crippen LogP contribution in [0.5, 0.6) is 0 Å². The zero-order valence-electron chi connectivity index (χ0n) is 22.6. The van der Waals surface area contributed by atoms with Gasteiger partial charge in [0.15, 0.2) is 0 Å². The summed E-state index contributed by atoms with van der Waals surface area (Å²) in [5, 5.41) is 10.0. The number of ether oxygens (including phenoxy) is 2. The Hall–Kier alpha value is -4.17. The van der Waals surface area contributed by atoms with Crippen LogP contribution in [-0.4, -0.2) is 59.2 Å². The number of nitrogens with zero attached hydrogens (tertiary/aromatic N) is 2. The maximum Gasteiger partial charge on any atom is 0.411 e. The van der Waals surface area contributed by atoms with E-state index in [1.165, 1.54) is 4.90 Å². The summed E-state index contributed by atoms with van der Waals surface area (Å²) < 4.78 is 11.2. The first-order chi connectivity index (χ1) is 19.4. The molecular weight excluding hydrogens is 508 g/mol. The van der Waals surface area contributed by atoms with E-state index >= 15 is 0 Å². The molecule has 8 nitrogen and oxygen atoms in total. The summed E-state index contributed by atoms with van der Waals surface area (Å²) in [4.78, 5) is 43.4. The van der Waals surface area contributed by atoms with E-state index in [1.807, 2.05) is 84.9 Å². The SMILES string of the molecule is COC[C@H](c1ccccc1)N(CC1(C(=O)O)CC1)C(=O)C1Cc2ccccc2CN1C(=O)OCc1ccccc1. The Morgan fingerprint density at radius 3 is 2.20 bits per heavy atom. The van der Waals surface area contributed by atoms with Gasteiger partial charge >= 0.3 is 12.1 Å². The molecule has 2 atom stereocenters. The number of carbonyl (C=O) groups excluding carboxylic acids is 2. The van der Waals surface area contributed by atoms with Gasteiger partial charge in [-0.15, -0.1) is 0 Å². The first-order valence-corrected chi connectivity index (χ1v) is 13.5. The van der Waals surface area contributed by atoms with Gasteiger partial charge in [0.1, 0.15) is 12.6 Å².